The van der Waals surface area contributed by atoms with Crippen LogP contribution in [0.25, 0.3) is 10.9 Å². The van der Waals surface area contributed by atoms with Gasteiger partial charge in [-0.25, -0.2) is 0 Å². The number of amides is 1. The highest BCUT2D eigenvalue weighted by Gasteiger charge is 2.24. The van der Waals surface area contributed by atoms with Crippen molar-refractivity contribution in [2.75, 3.05) is 32.8 Å². The zero-order valence-corrected chi connectivity index (χ0v) is 17.5. The number of carbonyl (C=O) groups excluding carboxylic acids is 1. The molecule has 1 fully saturated rings. The molecule has 2 aromatic heterocycles. The van der Waals surface area contributed by atoms with Gasteiger partial charge in [0.15, 0.2) is 0 Å². The SMILES string of the molecule is Cc1cc(C)c2cc(C(=O)NC[C@H](c3cccs3)N3CCOCC3)[nH]c2c1C. The van der Waals surface area contributed by atoms with Crippen molar-refractivity contribution in [3.63, 3.8) is 0 Å². The van der Waals surface area contributed by atoms with Gasteiger partial charge < -0.3 is 15.0 Å². The number of aryl methyl sites for hydroxylation is 3. The smallest absolute Gasteiger partial charge is 0.267 e. The fraction of sp³-hybridized carbons (Fsp3) is 0.409. The zero-order chi connectivity index (χ0) is 19.7. The molecule has 4 rings (SSSR count). The van der Waals surface area contributed by atoms with E-state index in [2.05, 4.69) is 59.6 Å². The van der Waals surface area contributed by atoms with E-state index in [0.717, 1.165) is 37.2 Å². The number of ether oxygens (including phenoxy) is 1. The van der Waals surface area contributed by atoms with Crippen LogP contribution in [-0.2, 0) is 4.74 Å². The molecule has 0 saturated carbocycles. The molecule has 0 aliphatic carbocycles. The highest BCUT2D eigenvalue weighted by molar-refractivity contribution is 7.10. The fourth-order valence-electron chi connectivity index (χ4n) is 3.96. The predicted molar refractivity (Wildman–Crippen MR) is 114 cm³/mol. The van der Waals surface area contributed by atoms with Gasteiger partial charge in [0.2, 0.25) is 0 Å². The maximum Gasteiger partial charge on any atom is 0.267 e. The van der Waals surface area contributed by atoms with E-state index in [0.29, 0.717) is 12.2 Å². The van der Waals surface area contributed by atoms with Gasteiger partial charge in [-0.05, 0) is 55.0 Å². The van der Waals surface area contributed by atoms with Crippen molar-refractivity contribution in [1.29, 1.82) is 0 Å². The second-order valence-electron chi connectivity index (χ2n) is 7.50. The first-order valence-corrected chi connectivity index (χ1v) is 10.7. The maximum absolute atomic E-state index is 12.9. The van der Waals surface area contributed by atoms with Gasteiger partial charge in [0.1, 0.15) is 5.69 Å². The molecule has 3 aromatic rings. The molecular weight excluding hydrogens is 370 g/mol. The zero-order valence-electron chi connectivity index (χ0n) is 16.7. The van der Waals surface area contributed by atoms with Crippen LogP contribution in [0.15, 0.2) is 29.6 Å². The van der Waals surface area contributed by atoms with E-state index in [-0.39, 0.29) is 11.9 Å². The van der Waals surface area contributed by atoms with Crippen LogP contribution in [0.5, 0.6) is 0 Å². The topological polar surface area (TPSA) is 57.4 Å². The number of hydrogen-bond donors (Lipinski definition) is 2. The van der Waals surface area contributed by atoms with Crippen molar-refractivity contribution < 1.29 is 9.53 Å². The highest BCUT2D eigenvalue weighted by atomic mass is 32.1. The Morgan fingerprint density at radius 3 is 2.75 bits per heavy atom. The molecule has 1 atom stereocenters. The Balaban J connectivity index is 1.53. The van der Waals surface area contributed by atoms with E-state index in [4.69, 9.17) is 4.74 Å². The summed E-state index contributed by atoms with van der Waals surface area (Å²) in [5, 5.41) is 6.37. The van der Waals surface area contributed by atoms with E-state index in [9.17, 15) is 4.79 Å². The van der Waals surface area contributed by atoms with Gasteiger partial charge in [-0.2, -0.15) is 0 Å². The van der Waals surface area contributed by atoms with Crippen LogP contribution < -0.4 is 5.32 Å². The fourth-order valence-corrected chi connectivity index (χ4v) is 4.82. The van der Waals surface area contributed by atoms with Crippen molar-refractivity contribution in [3.8, 4) is 0 Å². The standard InChI is InChI=1S/C22H27N3O2S/c1-14-11-15(2)17-12-18(24-21(17)16(14)3)22(26)23-13-19(20-5-4-10-28-20)25-6-8-27-9-7-25/h4-5,10-12,19,24H,6-9,13H2,1-3H3,(H,23,26)/t19-/m1/s1. The molecule has 0 bridgehead atoms. The first-order chi connectivity index (χ1) is 13.5. The van der Waals surface area contributed by atoms with Crippen LogP contribution in [0.2, 0.25) is 0 Å². The summed E-state index contributed by atoms with van der Waals surface area (Å²) in [5.41, 5.74) is 5.32. The van der Waals surface area contributed by atoms with E-state index < -0.39 is 0 Å². The van der Waals surface area contributed by atoms with Crippen molar-refractivity contribution in [2.45, 2.75) is 26.8 Å². The Morgan fingerprint density at radius 2 is 2.04 bits per heavy atom. The van der Waals surface area contributed by atoms with Crippen LogP contribution in [0.4, 0.5) is 0 Å². The molecular formula is C22H27N3O2S. The molecule has 0 radical (unpaired) electrons. The molecule has 6 heteroatoms. The Hall–Kier alpha value is -2.15. The van der Waals surface area contributed by atoms with Gasteiger partial charge in [-0.1, -0.05) is 12.1 Å². The monoisotopic (exact) mass is 397 g/mol. The molecule has 1 amide bonds. The van der Waals surface area contributed by atoms with E-state index in [1.807, 2.05) is 6.07 Å². The largest absolute Gasteiger partial charge is 0.379 e. The Bertz CT molecular complexity index is 971. The molecule has 1 aromatic carbocycles. The average Bonchev–Trinajstić information content (AvgIpc) is 3.38. The summed E-state index contributed by atoms with van der Waals surface area (Å²) in [7, 11) is 0. The lowest BCUT2D eigenvalue weighted by Gasteiger charge is -2.34. The van der Waals surface area contributed by atoms with Crippen LogP contribution in [0.1, 0.15) is 38.1 Å². The lowest BCUT2D eigenvalue weighted by atomic mass is 10.0. The Morgan fingerprint density at radius 1 is 1.25 bits per heavy atom. The first kappa shape index (κ1) is 19.2. The van der Waals surface area contributed by atoms with Gasteiger partial charge in [-0.15, -0.1) is 11.3 Å². The van der Waals surface area contributed by atoms with Crippen molar-refractivity contribution in [2.24, 2.45) is 0 Å². The van der Waals surface area contributed by atoms with E-state index >= 15 is 0 Å². The highest BCUT2D eigenvalue weighted by Crippen LogP contribution is 2.27. The summed E-state index contributed by atoms with van der Waals surface area (Å²) in [5.74, 6) is -0.0533. The number of nitrogens with zero attached hydrogens (tertiary/aromatic N) is 1. The quantitative estimate of drug-likeness (QED) is 0.685. The maximum atomic E-state index is 12.9. The molecule has 1 aliphatic rings. The second-order valence-corrected chi connectivity index (χ2v) is 8.48. The minimum Gasteiger partial charge on any atom is -0.379 e. The number of benzene rings is 1. The molecule has 148 valence electrons. The summed E-state index contributed by atoms with van der Waals surface area (Å²) >= 11 is 1.74. The molecule has 0 spiro atoms. The number of carbonyl (C=O) groups is 1. The molecule has 0 unspecified atom stereocenters. The number of aromatic amines is 1. The van der Waals surface area contributed by atoms with Gasteiger partial charge in [0.25, 0.3) is 5.91 Å². The molecule has 5 nitrogen and oxygen atoms in total. The van der Waals surface area contributed by atoms with E-state index in [1.165, 1.54) is 21.6 Å². The van der Waals surface area contributed by atoms with Crippen molar-refractivity contribution in [3.05, 3.63) is 56.9 Å². The molecule has 1 saturated heterocycles. The number of rotatable bonds is 5. The molecule has 3 heterocycles. The Labute approximate surface area is 169 Å². The van der Waals surface area contributed by atoms with Crippen LogP contribution in [0, 0.1) is 20.8 Å². The van der Waals surface area contributed by atoms with Gasteiger partial charge in [-0.3, -0.25) is 9.69 Å². The molecule has 1 aliphatic heterocycles. The van der Waals surface area contributed by atoms with Crippen molar-refractivity contribution >= 4 is 28.1 Å². The Kier molecular flexibility index (Phi) is 5.53. The number of thiophene rings is 1. The number of aromatic nitrogens is 1. The summed E-state index contributed by atoms with van der Waals surface area (Å²) in [6, 6.07) is 8.55. The molecule has 2 N–H and O–H groups in total. The van der Waals surface area contributed by atoms with Crippen LogP contribution in [0.3, 0.4) is 0 Å². The predicted octanol–water partition coefficient (Wildman–Crippen LogP) is 3.96. The van der Waals surface area contributed by atoms with Crippen LogP contribution in [-0.4, -0.2) is 48.6 Å². The van der Waals surface area contributed by atoms with Crippen LogP contribution >= 0.6 is 11.3 Å². The number of nitrogens with one attached hydrogen (secondary N) is 2. The number of hydrogen-bond acceptors (Lipinski definition) is 4. The van der Waals surface area contributed by atoms with Gasteiger partial charge in [0, 0.05) is 35.4 Å². The minimum atomic E-state index is -0.0533. The summed E-state index contributed by atoms with van der Waals surface area (Å²) < 4.78 is 5.50. The third kappa shape index (κ3) is 3.72. The average molecular weight is 398 g/mol. The number of H-pyrrole nitrogens is 1. The lowest BCUT2D eigenvalue weighted by Crippen LogP contribution is -2.43. The first-order valence-electron chi connectivity index (χ1n) is 9.77. The normalized spacial score (nSPS) is 16.4. The molecule has 28 heavy (non-hydrogen) atoms. The summed E-state index contributed by atoms with van der Waals surface area (Å²) in [4.78, 5) is 19.9. The summed E-state index contributed by atoms with van der Waals surface area (Å²) in [6.45, 7) is 10.2. The van der Waals surface area contributed by atoms with Gasteiger partial charge >= 0.3 is 0 Å². The third-order valence-corrected chi connectivity index (χ3v) is 6.67. The minimum absolute atomic E-state index is 0.0533. The lowest BCUT2D eigenvalue weighted by molar-refractivity contribution is 0.0169. The second kappa shape index (κ2) is 8.07. The third-order valence-electron chi connectivity index (χ3n) is 5.70. The number of morpholine rings is 1. The van der Waals surface area contributed by atoms with Crippen molar-refractivity contribution in [1.82, 2.24) is 15.2 Å². The van der Waals surface area contributed by atoms with Gasteiger partial charge in [0.05, 0.1) is 19.3 Å². The summed E-state index contributed by atoms with van der Waals surface area (Å²) in [6.07, 6.45) is 0. The van der Waals surface area contributed by atoms with E-state index in [1.54, 1.807) is 11.3 Å². The number of fused-ring (bicyclic) bond motifs is 1.